The summed E-state index contributed by atoms with van der Waals surface area (Å²) in [6.07, 6.45) is 5.40. The lowest BCUT2D eigenvalue weighted by Gasteiger charge is -2.06. The Labute approximate surface area is 156 Å². The quantitative estimate of drug-likeness (QED) is 0.655. The van der Waals surface area contributed by atoms with Crippen molar-refractivity contribution in [3.8, 4) is 11.5 Å². The second-order valence-corrected chi connectivity index (χ2v) is 6.69. The van der Waals surface area contributed by atoms with Crippen molar-refractivity contribution in [2.45, 2.75) is 12.8 Å². The van der Waals surface area contributed by atoms with Gasteiger partial charge in [-0.2, -0.15) is 0 Å². The molecule has 0 N–H and O–H groups in total. The Hall–Kier alpha value is -2.33. The molecule has 2 aromatic rings. The number of carbonyl (C=O) groups is 1. The largest absolute Gasteiger partial charge is 0.497 e. The summed E-state index contributed by atoms with van der Waals surface area (Å²) in [5.74, 6) is 1.53. The van der Waals surface area contributed by atoms with E-state index >= 15 is 0 Å². The van der Waals surface area contributed by atoms with Crippen molar-refractivity contribution in [1.82, 2.24) is 0 Å². The molecule has 0 bridgehead atoms. The fraction of sp³-hybridized carbons (Fsp3) is 0.190. The smallest absolute Gasteiger partial charge is 0.185 e. The first kappa shape index (κ1) is 17.5. The maximum absolute atomic E-state index is 12.7. The van der Waals surface area contributed by atoms with Crippen LogP contribution in [0.15, 0.2) is 58.1 Å². The number of rotatable bonds is 4. The number of carbonyl (C=O) groups excluding carboxylic acids is 1. The highest BCUT2D eigenvalue weighted by atomic mass is 79.9. The lowest BCUT2D eigenvalue weighted by atomic mass is 10.1. The van der Waals surface area contributed by atoms with E-state index in [-0.39, 0.29) is 5.78 Å². The second-order valence-electron chi connectivity index (χ2n) is 5.84. The van der Waals surface area contributed by atoms with Gasteiger partial charge in [-0.25, -0.2) is 0 Å². The summed E-state index contributed by atoms with van der Waals surface area (Å²) in [6.45, 7) is 0. The topological polar surface area (TPSA) is 35.5 Å². The summed E-state index contributed by atoms with van der Waals surface area (Å²) in [5.41, 5.74) is 3.58. The van der Waals surface area contributed by atoms with Gasteiger partial charge < -0.3 is 9.47 Å². The van der Waals surface area contributed by atoms with Crippen LogP contribution in [0.25, 0.3) is 12.2 Å². The first-order chi connectivity index (χ1) is 12.1. The Bertz CT molecular complexity index is 843. The van der Waals surface area contributed by atoms with Gasteiger partial charge in [0.25, 0.3) is 0 Å². The predicted molar refractivity (Wildman–Crippen MR) is 104 cm³/mol. The molecule has 1 fully saturated rings. The van der Waals surface area contributed by atoms with Crippen molar-refractivity contribution in [2.75, 3.05) is 14.2 Å². The number of halogens is 1. The maximum Gasteiger partial charge on any atom is 0.185 e. The van der Waals surface area contributed by atoms with Crippen LogP contribution in [0.1, 0.15) is 24.0 Å². The molecule has 0 amide bonds. The molecular weight excluding hydrogens is 380 g/mol. The van der Waals surface area contributed by atoms with Crippen molar-refractivity contribution in [2.24, 2.45) is 0 Å². The highest BCUT2D eigenvalue weighted by Crippen LogP contribution is 2.32. The standard InChI is InChI=1S/C21H19BrO3/c1-24-18-10-14(11-19(13-18)25-2)9-16-7-8-17(21(16)23)12-15-5-3-4-6-20(15)22/h3-6,9-13H,7-8H2,1-2H3. The van der Waals surface area contributed by atoms with E-state index in [9.17, 15) is 4.79 Å². The molecule has 128 valence electrons. The average molecular weight is 399 g/mol. The van der Waals surface area contributed by atoms with E-state index in [1.807, 2.05) is 54.6 Å². The molecule has 1 aliphatic carbocycles. The monoisotopic (exact) mass is 398 g/mol. The Morgan fingerprint density at radius 1 is 0.920 bits per heavy atom. The molecule has 0 unspecified atom stereocenters. The number of benzene rings is 2. The summed E-state index contributed by atoms with van der Waals surface area (Å²) in [5, 5.41) is 0. The molecule has 4 heteroatoms. The van der Waals surface area contributed by atoms with Crippen molar-refractivity contribution in [1.29, 1.82) is 0 Å². The van der Waals surface area contributed by atoms with E-state index in [1.165, 1.54) is 0 Å². The molecule has 3 rings (SSSR count). The lowest BCUT2D eigenvalue weighted by molar-refractivity contribution is -0.111. The third-order valence-electron chi connectivity index (χ3n) is 4.20. The minimum atomic E-state index is 0.109. The number of methoxy groups -OCH3 is 2. The molecule has 0 aliphatic heterocycles. The first-order valence-corrected chi connectivity index (χ1v) is 8.83. The van der Waals surface area contributed by atoms with Crippen LogP contribution in [0.5, 0.6) is 11.5 Å². The van der Waals surface area contributed by atoms with Gasteiger partial charge in [0, 0.05) is 21.7 Å². The molecule has 1 aliphatic rings. The average Bonchev–Trinajstić information content (AvgIpc) is 2.96. The molecule has 3 nitrogen and oxygen atoms in total. The molecule has 25 heavy (non-hydrogen) atoms. The Kier molecular flexibility index (Phi) is 5.39. The molecule has 0 saturated heterocycles. The third-order valence-corrected chi connectivity index (χ3v) is 4.92. The van der Waals surface area contributed by atoms with E-state index in [4.69, 9.17) is 9.47 Å². The van der Waals surface area contributed by atoms with Crippen LogP contribution in [-0.2, 0) is 4.79 Å². The fourth-order valence-electron chi connectivity index (χ4n) is 2.87. The van der Waals surface area contributed by atoms with Gasteiger partial charge in [-0.05, 0) is 54.3 Å². The number of hydrogen-bond donors (Lipinski definition) is 0. The number of hydrogen-bond acceptors (Lipinski definition) is 3. The van der Waals surface area contributed by atoms with Gasteiger partial charge >= 0.3 is 0 Å². The minimum absolute atomic E-state index is 0.109. The zero-order valence-electron chi connectivity index (χ0n) is 14.2. The highest BCUT2D eigenvalue weighted by molar-refractivity contribution is 9.10. The molecule has 0 radical (unpaired) electrons. The number of ether oxygens (including phenoxy) is 2. The molecule has 0 spiro atoms. The van der Waals surface area contributed by atoms with E-state index in [1.54, 1.807) is 14.2 Å². The van der Waals surface area contributed by atoms with Gasteiger partial charge in [-0.3, -0.25) is 4.79 Å². The van der Waals surface area contributed by atoms with E-state index < -0.39 is 0 Å². The van der Waals surface area contributed by atoms with Crippen LogP contribution in [0.2, 0.25) is 0 Å². The Morgan fingerprint density at radius 3 is 2.12 bits per heavy atom. The SMILES string of the molecule is COc1cc(C=C2CCC(=Cc3ccccc3Br)C2=O)cc(OC)c1. The highest BCUT2D eigenvalue weighted by Gasteiger charge is 2.23. The molecule has 0 atom stereocenters. The van der Waals surface area contributed by atoms with Gasteiger partial charge in [0.15, 0.2) is 5.78 Å². The normalized spacial score (nSPS) is 17.3. The molecule has 2 aromatic carbocycles. The fourth-order valence-corrected chi connectivity index (χ4v) is 3.27. The molecule has 0 aromatic heterocycles. The Morgan fingerprint density at radius 2 is 1.52 bits per heavy atom. The van der Waals surface area contributed by atoms with Crippen LogP contribution >= 0.6 is 15.9 Å². The number of Topliss-reactive ketones (excluding diaryl/α,β-unsaturated/α-hetero) is 1. The van der Waals surface area contributed by atoms with Gasteiger partial charge in [-0.1, -0.05) is 34.1 Å². The van der Waals surface area contributed by atoms with Crippen LogP contribution in [0.4, 0.5) is 0 Å². The van der Waals surface area contributed by atoms with E-state index in [2.05, 4.69) is 15.9 Å². The maximum atomic E-state index is 12.7. The minimum Gasteiger partial charge on any atom is -0.497 e. The summed E-state index contributed by atoms with van der Waals surface area (Å²) >= 11 is 3.53. The van der Waals surface area contributed by atoms with Crippen molar-refractivity contribution < 1.29 is 14.3 Å². The zero-order chi connectivity index (χ0) is 17.8. The zero-order valence-corrected chi connectivity index (χ0v) is 15.8. The van der Waals surface area contributed by atoms with E-state index in [0.717, 1.165) is 39.6 Å². The summed E-state index contributed by atoms with van der Waals surface area (Å²) in [7, 11) is 3.23. The summed E-state index contributed by atoms with van der Waals surface area (Å²) in [4.78, 5) is 12.7. The summed E-state index contributed by atoms with van der Waals surface area (Å²) in [6, 6.07) is 13.5. The van der Waals surface area contributed by atoms with Crippen LogP contribution < -0.4 is 9.47 Å². The van der Waals surface area contributed by atoms with Gasteiger partial charge in [-0.15, -0.1) is 0 Å². The molecule has 1 saturated carbocycles. The Balaban J connectivity index is 1.89. The first-order valence-electron chi connectivity index (χ1n) is 8.04. The lowest BCUT2D eigenvalue weighted by Crippen LogP contribution is -1.96. The van der Waals surface area contributed by atoms with Crippen molar-refractivity contribution >= 4 is 33.9 Å². The third kappa shape index (κ3) is 4.02. The molecule has 0 heterocycles. The van der Waals surface area contributed by atoms with Crippen LogP contribution in [-0.4, -0.2) is 20.0 Å². The van der Waals surface area contributed by atoms with Gasteiger partial charge in [0.2, 0.25) is 0 Å². The molecular formula is C21H19BrO3. The van der Waals surface area contributed by atoms with E-state index in [0.29, 0.717) is 11.5 Å². The summed E-state index contributed by atoms with van der Waals surface area (Å²) < 4.78 is 11.6. The number of allylic oxidation sites excluding steroid dienone is 2. The number of ketones is 1. The second kappa shape index (κ2) is 7.70. The van der Waals surface area contributed by atoms with Crippen LogP contribution in [0.3, 0.4) is 0 Å². The van der Waals surface area contributed by atoms with Crippen molar-refractivity contribution in [3.63, 3.8) is 0 Å². The van der Waals surface area contributed by atoms with Gasteiger partial charge in [0.05, 0.1) is 14.2 Å². The van der Waals surface area contributed by atoms with Crippen molar-refractivity contribution in [3.05, 3.63) is 69.2 Å². The van der Waals surface area contributed by atoms with Gasteiger partial charge in [0.1, 0.15) is 11.5 Å². The van der Waals surface area contributed by atoms with Crippen LogP contribution in [0, 0.1) is 0 Å². The predicted octanol–water partition coefficient (Wildman–Crippen LogP) is 5.30.